The highest BCUT2D eigenvalue weighted by Crippen LogP contribution is 2.35. The van der Waals surface area contributed by atoms with Gasteiger partial charge in [-0.15, -0.1) is 11.3 Å². The van der Waals surface area contributed by atoms with Crippen molar-refractivity contribution in [1.82, 2.24) is 0 Å². The van der Waals surface area contributed by atoms with Crippen LogP contribution in [0.1, 0.15) is 15.2 Å². The van der Waals surface area contributed by atoms with Gasteiger partial charge < -0.3 is 14.2 Å². The molecule has 4 nitrogen and oxygen atoms in total. The highest BCUT2D eigenvalue weighted by atomic mass is 32.1. The van der Waals surface area contributed by atoms with Crippen molar-refractivity contribution in [3.63, 3.8) is 0 Å². The SMILES string of the molecule is C=C(C(=O)c1cc2ccc(OC)cc2s1)c1cc(OC)ccc1OC. The van der Waals surface area contributed by atoms with Gasteiger partial charge in [-0.3, -0.25) is 4.79 Å². The third-order valence-electron chi connectivity index (χ3n) is 3.96. The number of hydrogen-bond acceptors (Lipinski definition) is 5. The Labute approximate surface area is 150 Å². The summed E-state index contributed by atoms with van der Waals surface area (Å²) in [5.74, 6) is 1.86. The highest BCUT2D eigenvalue weighted by molar-refractivity contribution is 7.21. The van der Waals surface area contributed by atoms with Crippen LogP contribution in [0.15, 0.2) is 49.0 Å². The molecular weight excluding hydrogens is 336 g/mol. The molecule has 0 aliphatic heterocycles. The molecule has 0 bridgehead atoms. The Morgan fingerprint density at radius 2 is 1.60 bits per heavy atom. The number of thiophene rings is 1. The summed E-state index contributed by atoms with van der Waals surface area (Å²) >= 11 is 1.42. The van der Waals surface area contributed by atoms with Crippen LogP contribution in [0.2, 0.25) is 0 Å². The summed E-state index contributed by atoms with van der Waals surface area (Å²) in [5, 5.41) is 1.000. The maximum absolute atomic E-state index is 12.9. The Morgan fingerprint density at radius 1 is 0.920 bits per heavy atom. The molecule has 1 aromatic heterocycles. The summed E-state index contributed by atoms with van der Waals surface area (Å²) < 4.78 is 16.8. The predicted octanol–water partition coefficient (Wildman–Crippen LogP) is 4.82. The molecule has 0 aliphatic rings. The number of allylic oxidation sites excluding steroid dienone is 1. The van der Waals surface area contributed by atoms with E-state index in [4.69, 9.17) is 14.2 Å². The minimum Gasteiger partial charge on any atom is -0.497 e. The van der Waals surface area contributed by atoms with Crippen molar-refractivity contribution in [1.29, 1.82) is 0 Å². The van der Waals surface area contributed by atoms with Crippen LogP contribution < -0.4 is 14.2 Å². The molecule has 128 valence electrons. The van der Waals surface area contributed by atoms with Crippen molar-refractivity contribution in [3.8, 4) is 17.2 Å². The van der Waals surface area contributed by atoms with Crippen LogP contribution in [0.5, 0.6) is 17.2 Å². The standard InChI is InChI=1S/C20H18O4S/c1-12(16-10-14(22-2)7-8-17(16)24-4)20(21)19-9-13-5-6-15(23-3)11-18(13)25-19/h5-11H,1H2,2-4H3. The minimum atomic E-state index is -0.133. The summed E-state index contributed by atoms with van der Waals surface area (Å²) in [6, 6.07) is 12.9. The fraction of sp³-hybridized carbons (Fsp3) is 0.150. The number of rotatable bonds is 6. The van der Waals surface area contributed by atoms with Gasteiger partial charge in [0.1, 0.15) is 17.2 Å². The van der Waals surface area contributed by atoms with Crippen molar-refractivity contribution >= 4 is 32.8 Å². The number of Topliss-reactive ketones (excluding diaryl/α,β-unsaturated/α-hetero) is 1. The lowest BCUT2D eigenvalue weighted by Gasteiger charge is -2.11. The average molecular weight is 354 g/mol. The molecule has 0 saturated heterocycles. The largest absolute Gasteiger partial charge is 0.497 e. The molecule has 2 aromatic carbocycles. The lowest BCUT2D eigenvalue weighted by Crippen LogP contribution is -2.02. The first kappa shape index (κ1) is 17.0. The molecule has 0 fully saturated rings. The zero-order valence-electron chi connectivity index (χ0n) is 14.3. The maximum Gasteiger partial charge on any atom is 0.203 e. The number of carbonyl (C=O) groups is 1. The summed E-state index contributed by atoms with van der Waals surface area (Å²) in [7, 11) is 4.77. The van der Waals surface area contributed by atoms with Gasteiger partial charge >= 0.3 is 0 Å². The van der Waals surface area contributed by atoms with Crippen LogP contribution in [-0.4, -0.2) is 27.1 Å². The van der Waals surface area contributed by atoms with Gasteiger partial charge in [0.2, 0.25) is 5.78 Å². The molecule has 0 N–H and O–H groups in total. The molecule has 0 radical (unpaired) electrons. The van der Waals surface area contributed by atoms with Crippen molar-refractivity contribution in [3.05, 3.63) is 59.5 Å². The Hall–Kier alpha value is -2.79. The second-order valence-corrected chi connectivity index (χ2v) is 6.47. The minimum absolute atomic E-state index is 0.133. The Bertz CT molecular complexity index is 955. The van der Waals surface area contributed by atoms with Gasteiger partial charge in [-0.05, 0) is 47.9 Å². The van der Waals surface area contributed by atoms with E-state index in [0.29, 0.717) is 27.5 Å². The predicted molar refractivity (Wildman–Crippen MR) is 101 cm³/mol. The molecular formula is C20H18O4S. The molecule has 5 heteroatoms. The van der Waals surface area contributed by atoms with E-state index in [1.54, 1.807) is 39.5 Å². The quantitative estimate of drug-likeness (QED) is 0.470. The lowest BCUT2D eigenvalue weighted by molar-refractivity contribution is 0.106. The Morgan fingerprint density at radius 3 is 2.28 bits per heavy atom. The van der Waals surface area contributed by atoms with Gasteiger partial charge in [0, 0.05) is 15.8 Å². The van der Waals surface area contributed by atoms with E-state index in [0.717, 1.165) is 15.8 Å². The number of methoxy groups -OCH3 is 3. The van der Waals surface area contributed by atoms with Gasteiger partial charge in [-0.2, -0.15) is 0 Å². The number of ether oxygens (including phenoxy) is 3. The molecule has 0 atom stereocenters. The van der Waals surface area contributed by atoms with Crippen LogP contribution in [0.3, 0.4) is 0 Å². The molecule has 3 rings (SSSR count). The summed E-state index contributed by atoms with van der Waals surface area (Å²) in [6.07, 6.45) is 0. The summed E-state index contributed by atoms with van der Waals surface area (Å²) in [6.45, 7) is 3.99. The molecule has 0 saturated carbocycles. The number of benzene rings is 2. The van der Waals surface area contributed by atoms with Gasteiger partial charge in [0.15, 0.2) is 0 Å². The van der Waals surface area contributed by atoms with Crippen LogP contribution >= 0.6 is 11.3 Å². The Balaban J connectivity index is 1.99. The number of carbonyl (C=O) groups excluding carboxylic acids is 1. The monoisotopic (exact) mass is 354 g/mol. The molecule has 0 amide bonds. The highest BCUT2D eigenvalue weighted by Gasteiger charge is 2.19. The summed E-state index contributed by atoms with van der Waals surface area (Å²) in [5.41, 5.74) is 0.996. The Kier molecular flexibility index (Phi) is 4.76. The van der Waals surface area contributed by atoms with E-state index < -0.39 is 0 Å². The lowest BCUT2D eigenvalue weighted by atomic mass is 10.0. The zero-order valence-corrected chi connectivity index (χ0v) is 15.1. The third kappa shape index (κ3) is 3.23. The van der Waals surface area contributed by atoms with Crippen molar-refractivity contribution in [2.24, 2.45) is 0 Å². The third-order valence-corrected chi connectivity index (χ3v) is 5.05. The van der Waals surface area contributed by atoms with Crippen LogP contribution in [-0.2, 0) is 0 Å². The van der Waals surface area contributed by atoms with Crippen LogP contribution in [0, 0.1) is 0 Å². The normalized spacial score (nSPS) is 10.5. The zero-order chi connectivity index (χ0) is 18.0. The first-order valence-electron chi connectivity index (χ1n) is 7.61. The smallest absolute Gasteiger partial charge is 0.203 e. The van der Waals surface area contributed by atoms with E-state index >= 15 is 0 Å². The van der Waals surface area contributed by atoms with E-state index in [1.165, 1.54) is 11.3 Å². The second-order valence-electron chi connectivity index (χ2n) is 5.39. The first-order valence-corrected chi connectivity index (χ1v) is 8.42. The second kappa shape index (κ2) is 6.99. The number of fused-ring (bicyclic) bond motifs is 1. The number of ketones is 1. The van der Waals surface area contributed by atoms with Crippen molar-refractivity contribution in [2.75, 3.05) is 21.3 Å². The molecule has 0 spiro atoms. The topological polar surface area (TPSA) is 44.8 Å². The van der Waals surface area contributed by atoms with Crippen molar-refractivity contribution in [2.45, 2.75) is 0 Å². The fourth-order valence-electron chi connectivity index (χ4n) is 2.57. The molecule has 1 heterocycles. The average Bonchev–Trinajstić information content (AvgIpc) is 3.09. The van der Waals surface area contributed by atoms with Crippen LogP contribution in [0.25, 0.3) is 15.7 Å². The van der Waals surface area contributed by atoms with E-state index in [2.05, 4.69) is 6.58 Å². The fourth-order valence-corrected chi connectivity index (χ4v) is 3.63. The van der Waals surface area contributed by atoms with Gasteiger partial charge in [-0.25, -0.2) is 0 Å². The van der Waals surface area contributed by atoms with Gasteiger partial charge in [0.05, 0.1) is 26.2 Å². The molecule has 3 aromatic rings. The van der Waals surface area contributed by atoms with E-state index in [-0.39, 0.29) is 5.78 Å². The molecule has 0 unspecified atom stereocenters. The summed E-state index contributed by atoms with van der Waals surface area (Å²) in [4.78, 5) is 13.5. The van der Waals surface area contributed by atoms with Gasteiger partial charge in [0.25, 0.3) is 0 Å². The number of hydrogen-bond donors (Lipinski definition) is 0. The van der Waals surface area contributed by atoms with E-state index in [1.807, 2.05) is 24.3 Å². The maximum atomic E-state index is 12.9. The molecule has 0 aliphatic carbocycles. The van der Waals surface area contributed by atoms with Gasteiger partial charge in [-0.1, -0.05) is 6.58 Å². The van der Waals surface area contributed by atoms with E-state index in [9.17, 15) is 4.79 Å². The van der Waals surface area contributed by atoms with Crippen LogP contribution in [0.4, 0.5) is 0 Å². The van der Waals surface area contributed by atoms with Crippen molar-refractivity contribution < 1.29 is 19.0 Å². The molecule has 25 heavy (non-hydrogen) atoms. The first-order chi connectivity index (χ1) is 12.1.